The van der Waals surface area contributed by atoms with Crippen molar-refractivity contribution in [2.24, 2.45) is 0 Å². The first-order chi connectivity index (χ1) is 12.5. The van der Waals surface area contributed by atoms with Crippen LogP contribution in [-0.2, 0) is 4.74 Å². The predicted molar refractivity (Wildman–Crippen MR) is 98.6 cm³/mol. The van der Waals surface area contributed by atoms with Crippen LogP contribution in [0.3, 0.4) is 0 Å². The number of likely N-dealkylation sites (N-methyl/N-ethyl adjacent to an activating group) is 1. The van der Waals surface area contributed by atoms with Gasteiger partial charge < -0.3 is 20.3 Å². The molecule has 0 aliphatic rings. The number of benzene rings is 1. The van der Waals surface area contributed by atoms with E-state index in [1.165, 1.54) is 6.20 Å². The van der Waals surface area contributed by atoms with Gasteiger partial charge in [-0.2, -0.15) is 0 Å². The van der Waals surface area contributed by atoms with Crippen molar-refractivity contribution in [3.63, 3.8) is 0 Å². The van der Waals surface area contributed by atoms with Crippen LogP contribution in [0.4, 0.5) is 11.6 Å². The SMILES string of the molecule is CCOC(=O)c1ccc(Nc2nccc(C(=O)NCCN(C)C)n2)cc1. The van der Waals surface area contributed by atoms with Gasteiger partial charge in [0, 0.05) is 25.0 Å². The molecule has 0 spiro atoms. The van der Waals surface area contributed by atoms with Gasteiger partial charge in [-0.15, -0.1) is 0 Å². The van der Waals surface area contributed by atoms with Gasteiger partial charge in [-0.1, -0.05) is 0 Å². The van der Waals surface area contributed by atoms with Crippen LogP contribution < -0.4 is 10.6 Å². The summed E-state index contributed by atoms with van der Waals surface area (Å²) in [5.41, 5.74) is 1.44. The molecule has 26 heavy (non-hydrogen) atoms. The van der Waals surface area contributed by atoms with Crippen LogP contribution in [0.2, 0.25) is 0 Å². The molecule has 8 nitrogen and oxygen atoms in total. The van der Waals surface area contributed by atoms with Crippen molar-refractivity contribution >= 4 is 23.5 Å². The van der Waals surface area contributed by atoms with Crippen LogP contribution in [0, 0.1) is 0 Å². The first-order valence-electron chi connectivity index (χ1n) is 8.29. The number of nitrogens with one attached hydrogen (secondary N) is 2. The van der Waals surface area contributed by atoms with E-state index in [1.807, 2.05) is 19.0 Å². The normalized spacial score (nSPS) is 10.5. The van der Waals surface area contributed by atoms with Gasteiger partial charge in [-0.25, -0.2) is 14.8 Å². The average Bonchev–Trinajstić information content (AvgIpc) is 2.62. The number of aromatic nitrogens is 2. The zero-order valence-corrected chi connectivity index (χ0v) is 15.2. The fraction of sp³-hybridized carbons (Fsp3) is 0.333. The minimum absolute atomic E-state index is 0.255. The molecule has 0 unspecified atom stereocenters. The molecule has 0 fully saturated rings. The van der Waals surface area contributed by atoms with Gasteiger partial charge in [0.2, 0.25) is 5.95 Å². The minimum atomic E-state index is -0.369. The summed E-state index contributed by atoms with van der Waals surface area (Å²) >= 11 is 0. The number of carbonyl (C=O) groups excluding carboxylic acids is 2. The monoisotopic (exact) mass is 357 g/mol. The smallest absolute Gasteiger partial charge is 0.338 e. The van der Waals surface area contributed by atoms with Crippen molar-refractivity contribution < 1.29 is 14.3 Å². The number of anilines is 2. The molecule has 0 radical (unpaired) electrons. The first kappa shape index (κ1) is 19.3. The first-order valence-corrected chi connectivity index (χ1v) is 8.29. The van der Waals surface area contributed by atoms with Crippen molar-refractivity contribution in [1.82, 2.24) is 20.2 Å². The molecule has 0 aliphatic carbocycles. The van der Waals surface area contributed by atoms with E-state index in [-0.39, 0.29) is 17.6 Å². The Morgan fingerprint density at radius 3 is 2.54 bits per heavy atom. The Kier molecular flexibility index (Phi) is 7.04. The molecule has 1 amide bonds. The number of hydrogen-bond donors (Lipinski definition) is 2. The highest BCUT2D eigenvalue weighted by Gasteiger charge is 2.09. The third-order valence-electron chi connectivity index (χ3n) is 3.38. The lowest BCUT2D eigenvalue weighted by Crippen LogP contribution is -2.31. The number of esters is 1. The van der Waals surface area contributed by atoms with Gasteiger partial charge in [-0.3, -0.25) is 4.79 Å². The highest BCUT2D eigenvalue weighted by Crippen LogP contribution is 2.14. The van der Waals surface area contributed by atoms with Crippen molar-refractivity contribution in [3.8, 4) is 0 Å². The summed E-state index contributed by atoms with van der Waals surface area (Å²) in [4.78, 5) is 34.1. The molecule has 8 heteroatoms. The van der Waals surface area contributed by atoms with Gasteiger partial charge in [-0.05, 0) is 51.4 Å². The summed E-state index contributed by atoms with van der Waals surface area (Å²) in [5.74, 6) is -0.323. The molecule has 1 aromatic heterocycles. The summed E-state index contributed by atoms with van der Waals surface area (Å²) in [7, 11) is 3.87. The Morgan fingerprint density at radius 1 is 1.15 bits per heavy atom. The average molecular weight is 357 g/mol. The highest BCUT2D eigenvalue weighted by atomic mass is 16.5. The molecule has 2 aromatic rings. The van der Waals surface area contributed by atoms with Crippen molar-refractivity contribution in [2.45, 2.75) is 6.92 Å². The molecular weight excluding hydrogens is 334 g/mol. The van der Waals surface area contributed by atoms with Crippen molar-refractivity contribution in [2.75, 3.05) is 39.1 Å². The molecule has 0 saturated carbocycles. The summed E-state index contributed by atoms with van der Waals surface area (Å²) in [6.45, 7) is 3.37. The maximum absolute atomic E-state index is 12.1. The van der Waals surface area contributed by atoms with Gasteiger partial charge in [0.15, 0.2) is 0 Å². The molecule has 0 aliphatic heterocycles. The zero-order valence-electron chi connectivity index (χ0n) is 15.2. The van der Waals surface area contributed by atoms with E-state index in [9.17, 15) is 9.59 Å². The second-order valence-corrected chi connectivity index (χ2v) is 5.75. The van der Waals surface area contributed by atoms with E-state index in [2.05, 4.69) is 20.6 Å². The number of ether oxygens (including phenoxy) is 1. The van der Waals surface area contributed by atoms with Gasteiger partial charge in [0.25, 0.3) is 5.91 Å². The lowest BCUT2D eigenvalue weighted by Gasteiger charge is -2.10. The van der Waals surface area contributed by atoms with E-state index < -0.39 is 0 Å². The van der Waals surface area contributed by atoms with E-state index in [0.717, 1.165) is 6.54 Å². The minimum Gasteiger partial charge on any atom is -0.462 e. The molecule has 1 aromatic carbocycles. The molecule has 0 bridgehead atoms. The van der Waals surface area contributed by atoms with Crippen LogP contribution in [0.5, 0.6) is 0 Å². The molecule has 2 rings (SSSR count). The van der Waals surface area contributed by atoms with E-state index in [0.29, 0.717) is 30.4 Å². The van der Waals surface area contributed by atoms with Crippen LogP contribution in [0.1, 0.15) is 27.8 Å². The second kappa shape index (κ2) is 9.47. The fourth-order valence-corrected chi connectivity index (χ4v) is 2.06. The van der Waals surface area contributed by atoms with Gasteiger partial charge in [0.05, 0.1) is 12.2 Å². The van der Waals surface area contributed by atoms with Crippen LogP contribution in [0.15, 0.2) is 36.5 Å². The Hall–Kier alpha value is -3.00. The number of amides is 1. The summed E-state index contributed by atoms with van der Waals surface area (Å²) in [5, 5.41) is 5.81. The summed E-state index contributed by atoms with van der Waals surface area (Å²) in [6, 6.07) is 8.30. The van der Waals surface area contributed by atoms with Gasteiger partial charge >= 0.3 is 5.97 Å². The van der Waals surface area contributed by atoms with E-state index in [1.54, 1.807) is 37.3 Å². The molecular formula is C18H23N5O3. The molecule has 0 saturated heterocycles. The van der Waals surface area contributed by atoms with Gasteiger partial charge in [0.1, 0.15) is 5.69 Å². The number of nitrogens with zero attached hydrogens (tertiary/aromatic N) is 3. The molecule has 2 N–H and O–H groups in total. The van der Waals surface area contributed by atoms with Crippen molar-refractivity contribution in [3.05, 3.63) is 47.8 Å². The van der Waals surface area contributed by atoms with E-state index >= 15 is 0 Å². The molecule has 0 atom stereocenters. The maximum atomic E-state index is 12.1. The Labute approximate surface area is 152 Å². The Morgan fingerprint density at radius 2 is 1.88 bits per heavy atom. The van der Waals surface area contributed by atoms with Crippen molar-refractivity contribution in [1.29, 1.82) is 0 Å². The number of rotatable bonds is 8. The highest BCUT2D eigenvalue weighted by molar-refractivity contribution is 5.92. The summed E-state index contributed by atoms with van der Waals surface area (Å²) in [6.07, 6.45) is 1.52. The van der Waals surface area contributed by atoms with Crippen LogP contribution >= 0.6 is 0 Å². The third kappa shape index (κ3) is 5.82. The van der Waals surface area contributed by atoms with Crippen LogP contribution in [0.25, 0.3) is 0 Å². The van der Waals surface area contributed by atoms with E-state index in [4.69, 9.17) is 4.74 Å². The lowest BCUT2D eigenvalue weighted by atomic mass is 10.2. The third-order valence-corrected chi connectivity index (χ3v) is 3.38. The molecule has 138 valence electrons. The Bertz CT molecular complexity index is 747. The topological polar surface area (TPSA) is 96.4 Å². The Balaban J connectivity index is 1.99. The lowest BCUT2D eigenvalue weighted by molar-refractivity contribution is 0.0526. The second-order valence-electron chi connectivity index (χ2n) is 5.75. The number of hydrogen-bond acceptors (Lipinski definition) is 7. The quantitative estimate of drug-likeness (QED) is 0.694. The standard InChI is InChI=1S/C18H23N5O3/c1-4-26-17(25)13-5-7-14(8-6-13)21-18-20-10-9-15(22-18)16(24)19-11-12-23(2)3/h5-10H,4,11-12H2,1-3H3,(H,19,24)(H,20,21,22). The molecule has 1 heterocycles. The van der Waals surface area contributed by atoms with Crippen LogP contribution in [-0.4, -0.2) is 60.5 Å². The zero-order chi connectivity index (χ0) is 18.9. The number of carbonyl (C=O) groups is 2. The fourth-order valence-electron chi connectivity index (χ4n) is 2.06. The summed E-state index contributed by atoms with van der Waals surface area (Å²) < 4.78 is 4.94. The largest absolute Gasteiger partial charge is 0.462 e. The maximum Gasteiger partial charge on any atom is 0.338 e. The predicted octanol–water partition coefficient (Wildman–Crippen LogP) is 1.69.